The van der Waals surface area contributed by atoms with E-state index in [-0.39, 0.29) is 11.4 Å². The standard InChI is InChI=1S/C15H11FN2O2/c1-9-13(10-2-4-11(16)5-3-10)8-17-14-12(15(19)20)6-7-18(9)14/h2-8H,1H3,(H,19,20). The molecule has 0 radical (unpaired) electrons. The molecule has 4 nitrogen and oxygen atoms in total. The Morgan fingerprint density at radius 2 is 1.95 bits per heavy atom. The fraction of sp³-hybridized carbons (Fsp3) is 0.0667. The van der Waals surface area contributed by atoms with Gasteiger partial charge in [-0.15, -0.1) is 0 Å². The van der Waals surface area contributed by atoms with Gasteiger partial charge in [0, 0.05) is 23.7 Å². The summed E-state index contributed by atoms with van der Waals surface area (Å²) in [4.78, 5) is 15.3. The van der Waals surface area contributed by atoms with E-state index >= 15 is 0 Å². The third kappa shape index (κ3) is 1.84. The first-order valence-corrected chi connectivity index (χ1v) is 6.04. The monoisotopic (exact) mass is 270 g/mol. The number of hydrogen-bond acceptors (Lipinski definition) is 2. The van der Waals surface area contributed by atoms with E-state index in [4.69, 9.17) is 5.11 Å². The average Bonchev–Trinajstić information content (AvgIpc) is 2.85. The molecule has 0 saturated heterocycles. The number of aromatic carboxylic acids is 1. The summed E-state index contributed by atoms with van der Waals surface area (Å²) < 4.78 is 14.7. The highest BCUT2D eigenvalue weighted by Gasteiger charge is 2.14. The van der Waals surface area contributed by atoms with Gasteiger partial charge in [-0.1, -0.05) is 12.1 Å². The van der Waals surface area contributed by atoms with Crippen LogP contribution < -0.4 is 0 Å². The van der Waals surface area contributed by atoms with Crippen molar-refractivity contribution >= 4 is 11.6 Å². The van der Waals surface area contributed by atoms with Crippen LogP contribution in [0.1, 0.15) is 16.1 Å². The van der Waals surface area contributed by atoms with E-state index in [9.17, 15) is 9.18 Å². The maximum Gasteiger partial charge on any atom is 0.339 e. The summed E-state index contributed by atoms with van der Waals surface area (Å²) in [5.74, 6) is -1.30. The van der Waals surface area contributed by atoms with Gasteiger partial charge in [0.05, 0.1) is 0 Å². The first kappa shape index (κ1) is 12.3. The van der Waals surface area contributed by atoms with Gasteiger partial charge in [-0.2, -0.15) is 0 Å². The predicted octanol–water partition coefficient (Wildman–Crippen LogP) is 3.15. The number of carboxylic acids is 1. The molecule has 0 fully saturated rings. The number of aryl methyl sites for hydroxylation is 1. The van der Waals surface area contributed by atoms with Crippen LogP contribution in [0.25, 0.3) is 16.8 Å². The molecule has 2 heterocycles. The van der Waals surface area contributed by atoms with Crippen molar-refractivity contribution in [3.63, 3.8) is 0 Å². The lowest BCUT2D eigenvalue weighted by Gasteiger charge is -2.08. The Kier molecular flexibility index (Phi) is 2.75. The number of benzene rings is 1. The van der Waals surface area contributed by atoms with Gasteiger partial charge in [0.15, 0.2) is 5.65 Å². The molecule has 5 heteroatoms. The molecular formula is C15H11FN2O2. The topological polar surface area (TPSA) is 54.6 Å². The van der Waals surface area contributed by atoms with E-state index in [1.54, 1.807) is 28.9 Å². The minimum Gasteiger partial charge on any atom is -0.478 e. The number of carbonyl (C=O) groups is 1. The molecule has 0 unspecified atom stereocenters. The second-order valence-electron chi connectivity index (χ2n) is 4.49. The summed E-state index contributed by atoms with van der Waals surface area (Å²) >= 11 is 0. The van der Waals surface area contributed by atoms with Crippen molar-refractivity contribution in [1.29, 1.82) is 0 Å². The highest BCUT2D eigenvalue weighted by molar-refractivity contribution is 5.95. The largest absolute Gasteiger partial charge is 0.478 e. The molecule has 0 saturated carbocycles. The van der Waals surface area contributed by atoms with Crippen molar-refractivity contribution in [3.8, 4) is 11.1 Å². The van der Waals surface area contributed by atoms with E-state index in [1.165, 1.54) is 18.2 Å². The summed E-state index contributed by atoms with van der Waals surface area (Å²) in [6.07, 6.45) is 3.29. The molecule has 0 atom stereocenters. The van der Waals surface area contributed by atoms with Gasteiger partial charge in [0.25, 0.3) is 0 Å². The normalized spacial score (nSPS) is 10.9. The summed E-state index contributed by atoms with van der Waals surface area (Å²) in [5.41, 5.74) is 3.10. The highest BCUT2D eigenvalue weighted by atomic mass is 19.1. The van der Waals surface area contributed by atoms with Crippen LogP contribution in [0.2, 0.25) is 0 Å². The van der Waals surface area contributed by atoms with E-state index < -0.39 is 5.97 Å². The van der Waals surface area contributed by atoms with E-state index in [0.717, 1.165) is 16.8 Å². The third-order valence-corrected chi connectivity index (χ3v) is 3.31. The maximum atomic E-state index is 13.0. The van der Waals surface area contributed by atoms with Gasteiger partial charge < -0.3 is 9.51 Å². The Hall–Kier alpha value is -2.69. The summed E-state index contributed by atoms with van der Waals surface area (Å²) in [6.45, 7) is 1.87. The minimum atomic E-state index is -1.01. The van der Waals surface area contributed by atoms with Crippen molar-refractivity contribution in [2.24, 2.45) is 0 Å². The van der Waals surface area contributed by atoms with Gasteiger partial charge in [0.2, 0.25) is 0 Å². The molecule has 1 N–H and O–H groups in total. The molecule has 0 aliphatic rings. The fourth-order valence-electron chi connectivity index (χ4n) is 2.26. The van der Waals surface area contributed by atoms with Crippen LogP contribution in [-0.2, 0) is 0 Å². The van der Waals surface area contributed by atoms with Crippen molar-refractivity contribution in [2.75, 3.05) is 0 Å². The maximum absolute atomic E-state index is 13.0. The van der Waals surface area contributed by atoms with Crippen molar-refractivity contribution in [2.45, 2.75) is 6.92 Å². The summed E-state index contributed by atoms with van der Waals surface area (Å²) in [7, 11) is 0. The summed E-state index contributed by atoms with van der Waals surface area (Å²) in [5, 5.41) is 9.08. The number of nitrogens with zero attached hydrogens (tertiary/aromatic N) is 2. The zero-order chi connectivity index (χ0) is 14.3. The fourth-order valence-corrected chi connectivity index (χ4v) is 2.26. The molecule has 0 spiro atoms. The number of aromatic nitrogens is 2. The third-order valence-electron chi connectivity index (χ3n) is 3.31. The molecule has 2 aromatic heterocycles. The van der Waals surface area contributed by atoms with Crippen LogP contribution >= 0.6 is 0 Å². The molecule has 0 amide bonds. The van der Waals surface area contributed by atoms with Crippen molar-refractivity contribution in [3.05, 3.63) is 59.8 Å². The predicted molar refractivity (Wildman–Crippen MR) is 72.3 cm³/mol. The van der Waals surface area contributed by atoms with Crippen LogP contribution in [0.4, 0.5) is 4.39 Å². The van der Waals surface area contributed by atoms with Crippen LogP contribution in [0.5, 0.6) is 0 Å². The Bertz CT molecular complexity index is 807. The number of carboxylic acid groups (broad SMARTS) is 1. The quantitative estimate of drug-likeness (QED) is 0.778. The van der Waals surface area contributed by atoms with E-state index in [0.29, 0.717) is 5.65 Å². The number of rotatable bonds is 2. The van der Waals surface area contributed by atoms with Crippen LogP contribution in [0.15, 0.2) is 42.7 Å². The van der Waals surface area contributed by atoms with Crippen LogP contribution in [0, 0.1) is 12.7 Å². The van der Waals surface area contributed by atoms with Gasteiger partial charge in [-0.05, 0) is 30.7 Å². The number of hydrogen-bond donors (Lipinski definition) is 1. The molecular weight excluding hydrogens is 259 g/mol. The first-order chi connectivity index (χ1) is 9.58. The average molecular weight is 270 g/mol. The molecule has 20 heavy (non-hydrogen) atoms. The Labute approximate surface area is 114 Å². The zero-order valence-corrected chi connectivity index (χ0v) is 10.7. The van der Waals surface area contributed by atoms with Gasteiger partial charge in [-0.25, -0.2) is 14.2 Å². The second kappa shape index (κ2) is 4.45. The second-order valence-corrected chi connectivity index (χ2v) is 4.49. The van der Waals surface area contributed by atoms with Gasteiger partial charge >= 0.3 is 5.97 Å². The zero-order valence-electron chi connectivity index (χ0n) is 10.7. The lowest BCUT2D eigenvalue weighted by molar-refractivity contribution is 0.0699. The molecule has 0 aliphatic heterocycles. The minimum absolute atomic E-state index is 0.166. The number of fused-ring (bicyclic) bond motifs is 1. The molecule has 3 aromatic rings. The lowest BCUT2D eigenvalue weighted by Crippen LogP contribution is -2.00. The molecule has 3 rings (SSSR count). The van der Waals surface area contributed by atoms with Crippen molar-refractivity contribution in [1.82, 2.24) is 9.38 Å². The molecule has 0 bridgehead atoms. The SMILES string of the molecule is Cc1c(-c2ccc(F)cc2)cnc2c(C(=O)O)ccn12. The van der Waals surface area contributed by atoms with Crippen LogP contribution in [-0.4, -0.2) is 20.5 Å². The Morgan fingerprint density at radius 3 is 2.60 bits per heavy atom. The Morgan fingerprint density at radius 1 is 1.25 bits per heavy atom. The Balaban J connectivity index is 2.21. The van der Waals surface area contributed by atoms with Gasteiger partial charge in [-0.3, -0.25) is 0 Å². The van der Waals surface area contributed by atoms with Gasteiger partial charge in [0.1, 0.15) is 11.4 Å². The highest BCUT2D eigenvalue weighted by Crippen LogP contribution is 2.25. The van der Waals surface area contributed by atoms with Crippen LogP contribution in [0.3, 0.4) is 0 Å². The van der Waals surface area contributed by atoms with Crippen molar-refractivity contribution < 1.29 is 14.3 Å². The molecule has 0 aliphatic carbocycles. The summed E-state index contributed by atoms with van der Waals surface area (Å²) in [6, 6.07) is 7.64. The first-order valence-electron chi connectivity index (χ1n) is 6.04. The lowest BCUT2D eigenvalue weighted by atomic mass is 10.1. The molecule has 1 aromatic carbocycles. The molecule has 100 valence electrons. The van der Waals surface area contributed by atoms with E-state index in [2.05, 4.69) is 4.98 Å². The van der Waals surface area contributed by atoms with E-state index in [1.807, 2.05) is 6.92 Å². The number of halogens is 1. The smallest absolute Gasteiger partial charge is 0.339 e.